The molecule has 0 spiro atoms. The number of rotatable bonds is 17. The largest absolute Gasteiger partial charge is 0.453 e. The number of benzene rings is 3. The Morgan fingerprint density at radius 2 is 1.37 bits per heavy atom. The van der Waals surface area contributed by atoms with Crippen molar-refractivity contribution in [1.82, 2.24) is 0 Å². The number of alkyl halides is 1. The summed E-state index contributed by atoms with van der Waals surface area (Å²) in [4.78, 5) is 12.5. The van der Waals surface area contributed by atoms with Gasteiger partial charge in [-0.1, -0.05) is 112 Å². The molecule has 2 saturated heterocycles. The zero-order chi connectivity index (χ0) is 43.1. The molecule has 0 amide bonds. The SMILES string of the molecule is CC(C)(Cl)C(=O)O[C@H]1[C@H](OC23CC4[C@H](O[Si](C)(C)C(C)(C)C)C[C@@H](OC2(C)O)[C@]43CO)O[C@H](COCc2ccccc2)[C@@H](OCc2ccccc2)[C@@H]1OCc1ccccc1. The number of carbonyl (C=O) groups excluding carboxylic acids is 1. The normalized spacial score (nSPS) is 33.9. The lowest BCUT2D eigenvalue weighted by Gasteiger charge is -2.62. The van der Waals surface area contributed by atoms with Crippen molar-refractivity contribution in [1.29, 1.82) is 0 Å². The standard InChI is InChI=1S/C47H63ClO11Si/c1-43(2,3)60(7,8)59-35-24-37-46(30-49)34(35)25-47(46,45(6,51)57-37)58-41-40(56-42(50)44(4,5)48)39(54-28-33-22-16-11-17-23-33)38(53-27-32-20-14-10-15-21-32)36(55-41)29-52-26-31-18-12-9-13-19-31/h9-23,34-41,49,51H,24-30H2,1-8H3/t34?,35-,36-,37-,38-,39+,40-,41+,45?,46+,47?/m1/s1. The minimum atomic E-state index is -2.24. The third-order valence-corrected chi connectivity index (χ3v) is 18.3. The molecule has 0 radical (unpaired) electrons. The lowest BCUT2D eigenvalue weighted by Crippen LogP contribution is -2.75. The van der Waals surface area contributed by atoms with Crippen molar-refractivity contribution >= 4 is 25.9 Å². The van der Waals surface area contributed by atoms with Crippen LogP contribution in [0.4, 0.5) is 0 Å². The molecule has 328 valence electrons. The Labute approximate surface area is 361 Å². The van der Waals surface area contributed by atoms with Crippen molar-refractivity contribution in [3.05, 3.63) is 108 Å². The van der Waals surface area contributed by atoms with Gasteiger partial charge >= 0.3 is 5.97 Å². The lowest BCUT2D eigenvalue weighted by atomic mass is 9.49. The zero-order valence-electron chi connectivity index (χ0n) is 36.2. The molecule has 0 bridgehead atoms. The number of halogens is 1. The van der Waals surface area contributed by atoms with Gasteiger partial charge in [-0.25, -0.2) is 0 Å². The van der Waals surface area contributed by atoms with E-state index in [9.17, 15) is 15.0 Å². The van der Waals surface area contributed by atoms with E-state index in [-0.39, 0.29) is 43.5 Å². The van der Waals surface area contributed by atoms with E-state index in [1.807, 2.05) is 91.0 Å². The number of aliphatic hydroxyl groups excluding tert-OH is 1. The highest BCUT2D eigenvalue weighted by Gasteiger charge is 2.86. The number of esters is 1. The Kier molecular flexibility index (Phi) is 13.2. The van der Waals surface area contributed by atoms with Crippen LogP contribution < -0.4 is 0 Å². The molecule has 4 aliphatic rings. The van der Waals surface area contributed by atoms with Gasteiger partial charge in [0.2, 0.25) is 0 Å². The summed E-state index contributed by atoms with van der Waals surface area (Å²) in [6, 6.07) is 29.2. The first kappa shape index (κ1) is 45.3. The fourth-order valence-electron chi connectivity index (χ4n) is 9.33. The first-order valence-electron chi connectivity index (χ1n) is 21.2. The Morgan fingerprint density at radius 3 is 1.88 bits per heavy atom. The summed E-state index contributed by atoms with van der Waals surface area (Å²) in [5, 5.41) is 23.7. The van der Waals surface area contributed by atoms with Crippen molar-refractivity contribution < 1.29 is 52.6 Å². The van der Waals surface area contributed by atoms with E-state index < -0.39 is 72.8 Å². The first-order valence-corrected chi connectivity index (χ1v) is 24.5. The van der Waals surface area contributed by atoms with Crippen molar-refractivity contribution in [3.63, 3.8) is 0 Å². The van der Waals surface area contributed by atoms with Gasteiger partial charge in [0.25, 0.3) is 0 Å². The molecule has 2 heterocycles. The fourth-order valence-corrected chi connectivity index (χ4v) is 10.7. The number of ether oxygens (including phenoxy) is 7. The summed E-state index contributed by atoms with van der Waals surface area (Å²) < 4.78 is 53.8. The summed E-state index contributed by atoms with van der Waals surface area (Å²) in [7, 11) is -2.24. The molecular weight excluding hydrogens is 804 g/mol. The molecule has 4 fully saturated rings. The second kappa shape index (κ2) is 17.4. The van der Waals surface area contributed by atoms with E-state index in [1.54, 1.807) is 20.8 Å². The monoisotopic (exact) mass is 866 g/mol. The molecule has 3 aromatic carbocycles. The van der Waals surface area contributed by atoms with Crippen LogP contribution in [0, 0.1) is 11.3 Å². The van der Waals surface area contributed by atoms with E-state index in [2.05, 4.69) is 33.9 Å². The number of hydrogen-bond donors (Lipinski definition) is 2. The molecule has 60 heavy (non-hydrogen) atoms. The van der Waals surface area contributed by atoms with Crippen LogP contribution >= 0.6 is 11.6 Å². The van der Waals surface area contributed by atoms with Gasteiger partial charge in [-0.3, -0.25) is 4.79 Å². The molecule has 7 rings (SSSR count). The second-order valence-corrected chi connectivity index (χ2v) is 24.8. The minimum absolute atomic E-state index is 0.0462. The topological polar surface area (TPSA) is 131 Å². The predicted molar refractivity (Wildman–Crippen MR) is 228 cm³/mol. The van der Waals surface area contributed by atoms with E-state index in [0.717, 1.165) is 16.7 Å². The van der Waals surface area contributed by atoms with Crippen LogP contribution in [0.2, 0.25) is 18.1 Å². The molecule has 11 nitrogen and oxygen atoms in total. The van der Waals surface area contributed by atoms with Crippen LogP contribution in [-0.4, -0.2) is 96.9 Å². The average molecular weight is 868 g/mol. The highest BCUT2D eigenvalue weighted by Crippen LogP contribution is 2.74. The van der Waals surface area contributed by atoms with Crippen LogP contribution in [0.25, 0.3) is 0 Å². The van der Waals surface area contributed by atoms with Crippen LogP contribution in [-0.2, 0) is 62.2 Å². The lowest BCUT2D eigenvalue weighted by molar-refractivity contribution is -0.405. The maximum absolute atomic E-state index is 13.9. The number of hydrogen-bond acceptors (Lipinski definition) is 11. The predicted octanol–water partition coefficient (Wildman–Crippen LogP) is 7.68. The molecule has 0 aromatic heterocycles. The third-order valence-electron chi connectivity index (χ3n) is 13.6. The second-order valence-electron chi connectivity index (χ2n) is 19.1. The highest BCUT2D eigenvalue weighted by molar-refractivity contribution is 6.74. The van der Waals surface area contributed by atoms with Gasteiger partial charge in [0.05, 0.1) is 50.7 Å². The van der Waals surface area contributed by atoms with Gasteiger partial charge in [-0.15, -0.1) is 11.6 Å². The summed E-state index contributed by atoms with van der Waals surface area (Å²) in [5.41, 5.74) is 0.242. The molecule has 13 heteroatoms. The van der Waals surface area contributed by atoms with E-state index >= 15 is 0 Å². The first-order chi connectivity index (χ1) is 28.3. The highest BCUT2D eigenvalue weighted by atomic mass is 35.5. The average Bonchev–Trinajstić information content (AvgIpc) is 3.48. The van der Waals surface area contributed by atoms with Gasteiger partial charge < -0.3 is 47.8 Å². The van der Waals surface area contributed by atoms with Crippen LogP contribution in [0.3, 0.4) is 0 Å². The summed E-state index contributed by atoms with van der Waals surface area (Å²) >= 11 is 6.62. The quantitative estimate of drug-likeness (QED) is 0.0787. The zero-order valence-corrected chi connectivity index (χ0v) is 37.9. The smallest absolute Gasteiger partial charge is 0.327 e. The maximum Gasteiger partial charge on any atom is 0.327 e. The Hall–Kier alpha value is -2.72. The minimum Gasteiger partial charge on any atom is -0.453 e. The van der Waals surface area contributed by atoms with Crippen LogP contribution in [0.1, 0.15) is 71.1 Å². The van der Waals surface area contributed by atoms with Gasteiger partial charge in [0.15, 0.2) is 26.5 Å². The van der Waals surface area contributed by atoms with Gasteiger partial charge in [0, 0.05) is 5.92 Å². The molecule has 2 aliphatic heterocycles. The number of aliphatic hydroxyl groups is 2. The number of carbonyl (C=O) groups is 1. The summed E-state index contributed by atoms with van der Waals surface area (Å²) in [5.74, 6) is -2.76. The summed E-state index contributed by atoms with van der Waals surface area (Å²) in [6.45, 7) is 16.1. The molecular formula is C47H63ClO11Si. The molecule has 3 unspecified atom stereocenters. The van der Waals surface area contributed by atoms with Crippen molar-refractivity contribution in [2.24, 2.45) is 11.3 Å². The van der Waals surface area contributed by atoms with Crippen molar-refractivity contribution in [2.75, 3.05) is 13.2 Å². The fraction of sp³-hybridized carbons (Fsp3) is 0.596. The maximum atomic E-state index is 13.9. The Bertz CT molecular complexity index is 1890. The van der Waals surface area contributed by atoms with Gasteiger partial charge in [-0.2, -0.15) is 0 Å². The molecule has 11 atom stereocenters. The molecule has 2 aliphatic carbocycles. The van der Waals surface area contributed by atoms with Crippen molar-refractivity contribution in [2.45, 2.75) is 152 Å². The van der Waals surface area contributed by atoms with Crippen LogP contribution in [0.15, 0.2) is 91.0 Å². The van der Waals surface area contributed by atoms with Gasteiger partial charge in [0.1, 0.15) is 28.8 Å². The Morgan fingerprint density at radius 1 is 0.833 bits per heavy atom. The molecule has 2 N–H and O–H groups in total. The van der Waals surface area contributed by atoms with E-state index in [0.29, 0.717) is 19.4 Å². The van der Waals surface area contributed by atoms with Crippen molar-refractivity contribution in [3.8, 4) is 0 Å². The van der Waals surface area contributed by atoms with E-state index in [1.165, 1.54) is 0 Å². The Balaban J connectivity index is 1.27. The van der Waals surface area contributed by atoms with Crippen LogP contribution in [0.5, 0.6) is 0 Å². The van der Waals surface area contributed by atoms with Gasteiger partial charge in [-0.05, 0) is 68.4 Å². The third kappa shape index (κ3) is 8.64. The summed E-state index contributed by atoms with van der Waals surface area (Å²) in [6.07, 6.45) is -5.27. The molecule has 3 aromatic rings. The molecule has 2 saturated carbocycles. The van der Waals surface area contributed by atoms with E-state index in [4.69, 9.17) is 49.2 Å².